The van der Waals surface area contributed by atoms with Crippen LogP contribution >= 0.6 is 0 Å². The minimum Gasteiger partial charge on any atom is -0.378 e. The number of hydrogen-bond acceptors (Lipinski definition) is 4. The molecular formula is C15H31N3O2. The number of rotatable bonds is 9. The summed E-state index contributed by atoms with van der Waals surface area (Å²) in [4.78, 5) is 14.3. The molecule has 1 unspecified atom stereocenters. The summed E-state index contributed by atoms with van der Waals surface area (Å²) in [6.45, 7) is 8.24. The maximum absolute atomic E-state index is 12.0. The first-order valence-corrected chi connectivity index (χ1v) is 8.02. The summed E-state index contributed by atoms with van der Waals surface area (Å²) in [6.07, 6.45) is 5.45. The lowest BCUT2D eigenvalue weighted by molar-refractivity contribution is -0.127. The molecule has 118 valence electrons. The minimum atomic E-state index is -0.0307. The lowest BCUT2D eigenvalue weighted by atomic mass is 10.1. The second kappa shape index (κ2) is 10.1. The van der Waals surface area contributed by atoms with Crippen LogP contribution in [-0.4, -0.2) is 55.7 Å². The lowest BCUT2D eigenvalue weighted by Crippen LogP contribution is -2.49. The first kappa shape index (κ1) is 17.4. The molecule has 0 radical (unpaired) electrons. The molecule has 5 nitrogen and oxygen atoms in total. The van der Waals surface area contributed by atoms with E-state index in [4.69, 9.17) is 10.5 Å². The van der Waals surface area contributed by atoms with Gasteiger partial charge in [0.25, 0.3) is 0 Å². The maximum atomic E-state index is 12.0. The van der Waals surface area contributed by atoms with Gasteiger partial charge in [-0.05, 0) is 39.2 Å². The Balaban J connectivity index is 2.20. The van der Waals surface area contributed by atoms with E-state index in [0.29, 0.717) is 12.6 Å². The summed E-state index contributed by atoms with van der Waals surface area (Å²) >= 11 is 0. The molecule has 1 rings (SSSR count). The Hall–Kier alpha value is -0.650. The van der Waals surface area contributed by atoms with Crippen LogP contribution in [0.15, 0.2) is 0 Å². The number of carbonyl (C=O) groups is 1. The molecule has 0 aliphatic carbocycles. The van der Waals surface area contributed by atoms with Gasteiger partial charge in [-0.3, -0.25) is 9.69 Å². The maximum Gasteiger partial charge on any atom is 0.237 e. The van der Waals surface area contributed by atoms with E-state index in [9.17, 15) is 4.79 Å². The largest absolute Gasteiger partial charge is 0.378 e. The van der Waals surface area contributed by atoms with Crippen molar-refractivity contribution in [1.29, 1.82) is 0 Å². The zero-order valence-corrected chi connectivity index (χ0v) is 13.1. The highest BCUT2D eigenvalue weighted by molar-refractivity contribution is 5.81. The number of ether oxygens (including phenoxy) is 1. The number of likely N-dealkylation sites (tertiary alicyclic amines) is 1. The van der Waals surface area contributed by atoms with Gasteiger partial charge in [-0.15, -0.1) is 0 Å². The zero-order chi connectivity index (χ0) is 14.8. The zero-order valence-electron chi connectivity index (χ0n) is 13.1. The molecule has 20 heavy (non-hydrogen) atoms. The summed E-state index contributed by atoms with van der Waals surface area (Å²) in [5, 5.41) is 3.01. The molecule has 0 aromatic heterocycles. The van der Waals surface area contributed by atoms with Gasteiger partial charge in [0, 0.05) is 26.2 Å². The fraction of sp³-hybridized carbons (Fsp3) is 0.933. The summed E-state index contributed by atoms with van der Waals surface area (Å²) in [6, 6.07) is -0.0307. The van der Waals surface area contributed by atoms with Crippen LogP contribution in [0.3, 0.4) is 0 Å². The second-order valence-electron chi connectivity index (χ2n) is 5.57. The summed E-state index contributed by atoms with van der Waals surface area (Å²) in [7, 11) is 0. The van der Waals surface area contributed by atoms with E-state index >= 15 is 0 Å². The number of nitrogens with zero attached hydrogens (tertiary/aromatic N) is 1. The van der Waals surface area contributed by atoms with E-state index in [2.05, 4.69) is 17.1 Å². The van der Waals surface area contributed by atoms with E-state index in [0.717, 1.165) is 58.3 Å². The third kappa shape index (κ3) is 6.20. The molecule has 1 saturated heterocycles. The van der Waals surface area contributed by atoms with Crippen LogP contribution in [0.2, 0.25) is 0 Å². The van der Waals surface area contributed by atoms with Crippen molar-refractivity contribution in [1.82, 2.24) is 10.2 Å². The Morgan fingerprint density at radius 1 is 1.40 bits per heavy atom. The van der Waals surface area contributed by atoms with Crippen molar-refractivity contribution in [2.24, 2.45) is 5.73 Å². The molecule has 3 N–H and O–H groups in total. The number of amides is 1. The Bertz CT molecular complexity index is 266. The van der Waals surface area contributed by atoms with Gasteiger partial charge in [0.05, 0.1) is 12.1 Å². The summed E-state index contributed by atoms with van der Waals surface area (Å²) in [5.74, 6) is 0.154. The number of piperidine rings is 1. The Morgan fingerprint density at radius 3 is 2.70 bits per heavy atom. The molecule has 5 heteroatoms. The van der Waals surface area contributed by atoms with Gasteiger partial charge in [0.15, 0.2) is 0 Å². The van der Waals surface area contributed by atoms with Crippen LogP contribution in [0.1, 0.15) is 46.0 Å². The molecule has 1 amide bonds. The highest BCUT2D eigenvalue weighted by Crippen LogP contribution is 2.16. The molecule has 0 aromatic rings. The highest BCUT2D eigenvalue weighted by Gasteiger charge is 2.26. The van der Waals surface area contributed by atoms with Crippen molar-refractivity contribution in [2.45, 2.75) is 58.1 Å². The van der Waals surface area contributed by atoms with Crippen molar-refractivity contribution in [3.63, 3.8) is 0 Å². The summed E-state index contributed by atoms with van der Waals surface area (Å²) in [5.41, 5.74) is 5.46. The Kier molecular flexibility index (Phi) is 8.82. The molecule has 0 saturated carbocycles. The van der Waals surface area contributed by atoms with Crippen LogP contribution in [0, 0.1) is 0 Å². The normalized spacial score (nSPS) is 18.9. The fourth-order valence-electron chi connectivity index (χ4n) is 2.46. The molecule has 1 aliphatic heterocycles. The number of nitrogens with one attached hydrogen (secondary N) is 1. The topological polar surface area (TPSA) is 67.6 Å². The van der Waals surface area contributed by atoms with E-state index in [1.807, 2.05) is 6.92 Å². The first-order chi connectivity index (χ1) is 9.69. The number of unbranched alkanes of at least 4 members (excludes halogenated alkanes) is 1. The molecule has 0 aromatic carbocycles. The standard InChI is InChI=1S/C15H31N3O2/c1-3-4-9-17-15(19)13(2)18-10-6-14(7-11-18)20-12-5-8-16/h13-14H,3-12,16H2,1-2H3,(H,17,19). The number of carbonyl (C=O) groups excluding carboxylic acids is 1. The number of nitrogens with two attached hydrogens (primary N) is 1. The molecule has 0 spiro atoms. The highest BCUT2D eigenvalue weighted by atomic mass is 16.5. The van der Waals surface area contributed by atoms with E-state index in [-0.39, 0.29) is 11.9 Å². The molecule has 1 fully saturated rings. The number of hydrogen-bond donors (Lipinski definition) is 2. The molecule has 0 bridgehead atoms. The third-order valence-electron chi connectivity index (χ3n) is 3.94. The second-order valence-corrected chi connectivity index (χ2v) is 5.57. The van der Waals surface area contributed by atoms with Gasteiger partial charge in [-0.2, -0.15) is 0 Å². The molecular weight excluding hydrogens is 254 g/mol. The Labute approximate surface area is 123 Å². The van der Waals surface area contributed by atoms with Crippen LogP contribution < -0.4 is 11.1 Å². The Morgan fingerprint density at radius 2 is 2.10 bits per heavy atom. The van der Waals surface area contributed by atoms with Crippen molar-refractivity contribution < 1.29 is 9.53 Å². The lowest BCUT2D eigenvalue weighted by Gasteiger charge is -2.35. The molecule has 1 aliphatic rings. The smallest absolute Gasteiger partial charge is 0.237 e. The van der Waals surface area contributed by atoms with Crippen LogP contribution in [-0.2, 0) is 9.53 Å². The van der Waals surface area contributed by atoms with E-state index < -0.39 is 0 Å². The van der Waals surface area contributed by atoms with Crippen molar-refractivity contribution >= 4 is 5.91 Å². The summed E-state index contributed by atoms with van der Waals surface area (Å²) < 4.78 is 5.78. The molecule has 1 atom stereocenters. The first-order valence-electron chi connectivity index (χ1n) is 8.02. The van der Waals surface area contributed by atoms with Crippen LogP contribution in [0.4, 0.5) is 0 Å². The average Bonchev–Trinajstić information content (AvgIpc) is 2.47. The average molecular weight is 285 g/mol. The van der Waals surface area contributed by atoms with Gasteiger partial charge in [-0.1, -0.05) is 13.3 Å². The minimum absolute atomic E-state index is 0.0307. The van der Waals surface area contributed by atoms with Crippen LogP contribution in [0.5, 0.6) is 0 Å². The third-order valence-corrected chi connectivity index (χ3v) is 3.94. The van der Waals surface area contributed by atoms with Crippen molar-refractivity contribution in [3.8, 4) is 0 Å². The van der Waals surface area contributed by atoms with Gasteiger partial charge in [0.2, 0.25) is 5.91 Å². The predicted octanol–water partition coefficient (Wildman–Crippen LogP) is 1.12. The predicted molar refractivity (Wildman–Crippen MR) is 81.6 cm³/mol. The van der Waals surface area contributed by atoms with Crippen molar-refractivity contribution in [2.75, 3.05) is 32.8 Å². The van der Waals surface area contributed by atoms with Crippen LogP contribution in [0.25, 0.3) is 0 Å². The SMILES string of the molecule is CCCCNC(=O)C(C)N1CCC(OCCCN)CC1. The van der Waals surface area contributed by atoms with Gasteiger partial charge in [0.1, 0.15) is 0 Å². The van der Waals surface area contributed by atoms with Gasteiger partial charge in [-0.25, -0.2) is 0 Å². The fourth-order valence-corrected chi connectivity index (χ4v) is 2.46. The van der Waals surface area contributed by atoms with Gasteiger partial charge < -0.3 is 15.8 Å². The van der Waals surface area contributed by atoms with Crippen molar-refractivity contribution in [3.05, 3.63) is 0 Å². The van der Waals surface area contributed by atoms with Gasteiger partial charge >= 0.3 is 0 Å². The molecule has 1 heterocycles. The van der Waals surface area contributed by atoms with E-state index in [1.165, 1.54) is 0 Å². The van der Waals surface area contributed by atoms with E-state index in [1.54, 1.807) is 0 Å². The quantitative estimate of drug-likeness (QED) is 0.623. The monoisotopic (exact) mass is 285 g/mol.